The number of benzene rings is 1. The van der Waals surface area contributed by atoms with Crippen molar-refractivity contribution in [2.24, 2.45) is 0 Å². The Morgan fingerprint density at radius 1 is 1.20 bits per heavy atom. The first-order valence-electron chi connectivity index (χ1n) is 5.94. The average Bonchev–Trinajstić information content (AvgIpc) is 2.88. The molecule has 0 aliphatic carbocycles. The summed E-state index contributed by atoms with van der Waals surface area (Å²) in [7, 11) is 0. The Balaban J connectivity index is 1.94. The SMILES string of the molecule is OCCC#Cc1csc(COc2ccc(Cl)c(Cl)c2)c1. The third-order valence-electron chi connectivity index (χ3n) is 2.40. The van der Waals surface area contributed by atoms with Gasteiger partial charge >= 0.3 is 0 Å². The molecule has 0 amide bonds. The molecule has 2 nitrogen and oxygen atoms in total. The van der Waals surface area contributed by atoms with E-state index in [0.717, 1.165) is 10.4 Å². The van der Waals surface area contributed by atoms with Crippen molar-refractivity contribution in [3.05, 3.63) is 50.1 Å². The molecule has 0 saturated carbocycles. The van der Waals surface area contributed by atoms with Crippen molar-refractivity contribution < 1.29 is 9.84 Å². The molecular formula is C15H12Cl2O2S. The van der Waals surface area contributed by atoms with Gasteiger partial charge in [-0.15, -0.1) is 11.3 Å². The topological polar surface area (TPSA) is 29.5 Å². The van der Waals surface area contributed by atoms with Crippen molar-refractivity contribution >= 4 is 34.5 Å². The average molecular weight is 327 g/mol. The third-order valence-corrected chi connectivity index (χ3v) is 4.04. The number of rotatable bonds is 4. The van der Waals surface area contributed by atoms with Gasteiger partial charge in [-0.3, -0.25) is 0 Å². The van der Waals surface area contributed by atoms with Crippen molar-refractivity contribution in [3.63, 3.8) is 0 Å². The largest absolute Gasteiger partial charge is 0.488 e. The number of thiophene rings is 1. The maximum absolute atomic E-state index is 8.66. The first-order valence-corrected chi connectivity index (χ1v) is 7.57. The third kappa shape index (κ3) is 4.43. The predicted molar refractivity (Wildman–Crippen MR) is 83.7 cm³/mol. The maximum atomic E-state index is 8.66. The number of aliphatic hydroxyl groups is 1. The minimum Gasteiger partial charge on any atom is -0.488 e. The standard InChI is InChI=1S/C15H12Cl2O2S/c16-14-5-4-12(8-15(14)17)19-9-13-7-11(10-20-13)3-1-2-6-18/h4-5,7-8,10,18H,2,6,9H2. The van der Waals surface area contributed by atoms with Gasteiger partial charge in [0.1, 0.15) is 12.4 Å². The number of ether oxygens (including phenoxy) is 1. The van der Waals surface area contributed by atoms with Crippen LogP contribution in [0.3, 0.4) is 0 Å². The van der Waals surface area contributed by atoms with Gasteiger partial charge in [-0.2, -0.15) is 0 Å². The number of hydrogen-bond acceptors (Lipinski definition) is 3. The highest BCUT2D eigenvalue weighted by atomic mass is 35.5. The van der Waals surface area contributed by atoms with Gasteiger partial charge < -0.3 is 9.84 Å². The molecule has 1 heterocycles. The first-order chi connectivity index (χ1) is 9.69. The zero-order valence-corrected chi connectivity index (χ0v) is 12.9. The molecule has 5 heteroatoms. The molecule has 2 rings (SSSR count). The van der Waals surface area contributed by atoms with E-state index >= 15 is 0 Å². The van der Waals surface area contributed by atoms with Crippen molar-refractivity contribution in [3.8, 4) is 17.6 Å². The normalized spacial score (nSPS) is 9.95. The minimum absolute atomic E-state index is 0.0877. The Bertz CT molecular complexity index is 641. The van der Waals surface area contributed by atoms with Gasteiger partial charge in [0.05, 0.1) is 16.7 Å². The molecule has 1 aromatic carbocycles. The molecule has 1 N–H and O–H groups in total. The maximum Gasteiger partial charge on any atom is 0.122 e. The smallest absolute Gasteiger partial charge is 0.122 e. The first kappa shape index (κ1) is 15.2. The molecule has 0 saturated heterocycles. The van der Waals surface area contributed by atoms with Crippen LogP contribution >= 0.6 is 34.5 Å². The Morgan fingerprint density at radius 2 is 2.05 bits per heavy atom. The van der Waals surface area contributed by atoms with Gasteiger partial charge in [-0.25, -0.2) is 0 Å². The zero-order valence-electron chi connectivity index (χ0n) is 10.5. The lowest BCUT2D eigenvalue weighted by atomic mass is 10.3. The molecule has 0 radical (unpaired) electrons. The molecule has 104 valence electrons. The highest BCUT2D eigenvalue weighted by molar-refractivity contribution is 7.10. The van der Waals surface area contributed by atoms with E-state index in [0.29, 0.717) is 28.8 Å². The van der Waals surface area contributed by atoms with Crippen molar-refractivity contribution in [1.29, 1.82) is 0 Å². The quantitative estimate of drug-likeness (QED) is 0.845. The van der Waals surface area contributed by atoms with Gasteiger partial charge in [0.2, 0.25) is 0 Å². The summed E-state index contributed by atoms with van der Waals surface area (Å²) in [5.74, 6) is 6.55. The molecular weight excluding hydrogens is 315 g/mol. The molecule has 2 aromatic rings. The lowest BCUT2D eigenvalue weighted by Gasteiger charge is -2.05. The predicted octanol–water partition coefficient (Wildman–Crippen LogP) is 4.37. The highest BCUT2D eigenvalue weighted by Gasteiger charge is 2.02. The molecule has 0 aliphatic heterocycles. The monoisotopic (exact) mass is 326 g/mol. The van der Waals surface area contributed by atoms with Crippen molar-refractivity contribution in [2.45, 2.75) is 13.0 Å². The van der Waals surface area contributed by atoms with Crippen LogP contribution in [0, 0.1) is 11.8 Å². The fraction of sp³-hybridized carbons (Fsp3) is 0.200. The van der Waals surface area contributed by atoms with Crippen LogP contribution in [0.4, 0.5) is 0 Å². The van der Waals surface area contributed by atoms with Crippen LogP contribution in [-0.4, -0.2) is 11.7 Å². The van der Waals surface area contributed by atoms with Gasteiger partial charge in [-0.05, 0) is 18.2 Å². The van der Waals surface area contributed by atoms with E-state index in [9.17, 15) is 0 Å². The van der Waals surface area contributed by atoms with Crippen LogP contribution in [0.15, 0.2) is 29.6 Å². The van der Waals surface area contributed by atoms with E-state index < -0.39 is 0 Å². The second kappa shape index (κ2) is 7.56. The Kier molecular flexibility index (Phi) is 5.75. The second-order valence-electron chi connectivity index (χ2n) is 3.94. The Labute approximate surface area is 131 Å². The summed E-state index contributed by atoms with van der Waals surface area (Å²) in [4.78, 5) is 1.07. The fourth-order valence-corrected chi connectivity index (χ4v) is 2.48. The molecule has 0 atom stereocenters. The summed E-state index contributed by atoms with van der Waals surface area (Å²) < 4.78 is 5.65. The molecule has 20 heavy (non-hydrogen) atoms. The summed E-state index contributed by atoms with van der Waals surface area (Å²) >= 11 is 13.4. The molecule has 0 fully saturated rings. The van der Waals surface area contributed by atoms with Crippen LogP contribution in [0.2, 0.25) is 10.0 Å². The zero-order chi connectivity index (χ0) is 14.4. The van der Waals surface area contributed by atoms with E-state index in [4.69, 9.17) is 33.0 Å². The van der Waals surface area contributed by atoms with Gasteiger partial charge in [0.25, 0.3) is 0 Å². The van der Waals surface area contributed by atoms with E-state index in [2.05, 4.69) is 11.8 Å². The number of halogens is 2. The molecule has 1 aromatic heterocycles. The Hall–Kier alpha value is -1.18. The van der Waals surface area contributed by atoms with E-state index in [1.165, 1.54) is 0 Å². The Morgan fingerprint density at radius 3 is 2.80 bits per heavy atom. The summed E-state index contributed by atoms with van der Waals surface area (Å²) in [6.45, 7) is 0.550. The number of hydrogen-bond donors (Lipinski definition) is 1. The van der Waals surface area contributed by atoms with Crippen LogP contribution in [0.25, 0.3) is 0 Å². The van der Waals surface area contributed by atoms with Crippen LogP contribution < -0.4 is 4.74 Å². The molecule has 0 unspecified atom stereocenters. The van der Waals surface area contributed by atoms with Gasteiger partial charge in [0, 0.05) is 28.3 Å². The number of aliphatic hydroxyl groups excluding tert-OH is 1. The van der Waals surface area contributed by atoms with E-state index in [1.54, 1.807) is 29.5 Å². The van der Waals surface area contributed by atoms with Crippen molar-refractivity contribution in [2.75, 3.05) is 6.61 Å². The molecule has 0 bridgehead atoms. The molecule has 0 aliphatic rings. The summed E-state index contributed by atoms with van der Waals surface area (Å²) in [6, 6.07) is 7.16. The summed E-state index contributed by atoms with van der Waals surface area (Å²) in [5.41, 5.74) is 0.941. The van der Waals surface area contributed by atoms with E-state index in [1.807, 2.05) is 11.4 Å². The fourth-order valence-electron chi connectivity index (χ4n) is 1.46. The summed E-state index contributed by atoms with van der Waals surface area (Å²) in [6.07, 6.45) is 0.491. The van der Waals surface area contributed by atoms with E-state index in [-0.39, 0.29) is 6.61 Å². The van der Waals surface area contributed by atoms with Gasteiger partial charge in [0.15, 0.2) is 0 Å². The lowest BCUT2D eigenvalue weighted by molar-refractivity contribution is 0.305. The van der Waals surface area contributed by atoms with Gasteiger partial charge in [-0.1, -0.05) is 35.0 Å². The highest BCUT2D eigenvalue weighted by Crippen LogP contribution is 2.27. The van der Waals surface area contributed by atoms with Crippen LogP contribution in [0.1, 0.15) is 16.9 Å². The lowest BCUT2D eigenvalue weighted by Crippen LogP contribution is -1.92. The second-order valence-corrected chi connectivity index (χ2v) is 5.75. The van der Waals surface area contributed by atoms with Crippen LogP contribution in [0.5, 0.6) is 5.75 Å². The summed E-state index contributed by atoms with van der Waals surface area (Å²) in [5, 5.41) is 11.6. The van der Waals surface area contributed by atoms with Crippen LogP contribution in [-0.2, 0) is 6.61 Å². The minimum atomic E-state index is 0.0877. The molecule has 0 spiro atoms. The van der Waals surface area contributed by atoms with Crippen molar-refractivity contribution in [1.82, 2.24) is 0 Å².